The molecule has 3 aromatic carbocycles. The van der Waals surface area contributed by atoms with E-state index < -0.39 is 112 Å². The molecule has 105 heavy (non-hydrogen) atoms. The Morgan fingerprint density at radius 3 is 2.15 bits per heavy atom. The highest BCUT2D eigenvalue weighted by molar-refractivity contribution is 6.24. The first-order valence-electron chi connectivity index (χ1n) is 34.0. The van der Waals surface area contributed by atoms with Gasteiger partial charge >= 0.3 is 17.7 Å². The van der Waals surface area contributed by atoms with Crippen molar-refractivity contribution < 1.29 is 87.5 Å². The summed E-state index contributed by atoms with van der Waals surface area (Å²) in [5.74, 6) is -5.91. The van der Waals surface area contributed by atoms with Gasteiger partial charge in [0.1, 0.15) is 40.3 Å². The number of likely N-dealkylation sites (N-methyl/N-ethyl adjacent to an activating group) is 1. The Hall–Kier alpha value is -10.6. The van der Waals surface area contributed by atoms with Crippen LogP contribution in [-0.4, -0.2) is 205 Å². The number of Topliss-reactive ketones (excluding diaryl/α,β-unsaturated/α-hetero) is 1. The van der Waals surface area contributed by atoms with E-state index in [1.54, 1.807) is 61.6 Å². The number of ether oxygens (including phenoxy) is 5. The van der Waals surface area contributed by atoms with Gasteiger partial charge in [-0.3, -0.25) is 49.2 Å². The number of allylic oxidation sites excluding steroid dienone is 2. The summed E-state index contributed by atoms with van der Waals surface area (Å²) in [6.07, 6.45) is 15.3. The Morgan fingerprint density at radius 1 is 0.886 bits per heavy atom. The molecule has 10 atom stereocenters. The van der Waals surface area contributed by atoms with Gasteiger partial charge in [-0.25, -0.2) is 20.0 Å². The zero-order valence-electron chi connectivity index (χ0n) is 60.5. The van der Waals surface area contributed by atoms with E-state index >= 15 is 4.39 Å². The fourth-order valence-electron chi connectivity index (χ4n) is 12.8. The number of nitrogens with one attached hydrogen (secondary N) is 3. The number of carboxylic acids is 1. The number of aromatic nitrogens is 4. The highest BCUT2D eigenvalue weighted by atomic mass is 19.1. The number of amides is 3. The number of hydrazone groups is 1. The summed E-state index contributed by atoms with van der Waals surface area (Å²) < 4.78 is 46.1. The molecular weight excluding hydrogens is 1370 g/mol. The first-order valence-corrected chi connectivity index (χ1v) is 34.0. The lowest BCUT2D eigenvalue weighted by Gasteiger charge is -2.38. The second kappa shape index (κ2) is 34.8. The van der Waals surface area contributed by atoms with Gasteiger partial charge in [0.25, 0.3) is 23.5 Å². The maximum absolute atomic E-state index is 15.1. The van der Waals surface area contributed by atoms with Gasteiger partial charge in [0, 0.05) is 156 Å². The number of fused-ring (bicyclic) bond motifs is 15. The minimum atomic E-state index is -2.04. The molecular formula is C73H92FN13O18. The van der Waals surface area contributed by atoms with Crippen LogP contribution in [0.4, 0.5) is 15.8 Å². The van der Waals surface area contributed by atoms with Crippen LogP contribution in [0.5, 0.6) is 28.7 Å². The lowest BCUT2D eigenvalue weighted by Crippen LogP contribution is -2.49. The van der Waals surface area contributed by atoms with Gasteiger partial charge in [-0.15, -0.1) is 0 Å². The summed E-state index contributed by atoms with van der Waals surface area (Å²) in [6.45, 7) is 19.1. The highest BCUT2D eigenvalue weighted by Crippen LogP contribution is 2.55. The molecule has 3 amide bonds. The number of nitrogens with zero attached hydrogens (tertiary/aromatic N) is 8. The van der Waals surface area contributed by atoms with Gasteiger partial charge in [-0.1, -0.05) is 45.9 Å². The zero-order chi connectivity index (χ0) is 77.0. The second-order valence-electron chi connectivity index (χ2n) is 26.5. The van der Waals surface area contributed by atoms with Crippen LogP contribution in [-0.2, 0) is 23.8 Å². The monoisotopic (exact) mass is 1460 g/mol. The number of ketones is 1. The molecule has 8 heterocycles. The lowest BCUT2D eigenvalue weighted by molar-refractivity contribution is -0.160. The summed E-state index contributed by atoms with van der Waals surface area (Å²) in [5.41, 5.74) is 7.00. The number of phenolic OH excluding ortho intramolecular Hbond substituents is 3. The van der Waals surface area contributed by atoms with E-state index in [0.29, 0.717) is 48.7 Å². The Labute approximate surface area is 604 Å². The van der Waals surface area contributed by atoms with Crippen molar-refractivity contribution in [2.75, 3.05) is 77.3 Å². The molecule has 6 aliphatic rings. The fourth-order valence-corrected chi connectivity index (χ4v) is 12.8. The molecule has 13 N–H and O–H groups in total. The van der Waals surface area contributed by atoms with Crippen molar-refractivity contribution in [2.24, 2.45) is 40.3 Å². The summed E-state index contributed by atoms with van der Waals surface area (Å²) in [4.78, 5) is 101. The number of rotatable bonds is 10. The van der Waals surface area contributed by atoms with Crippen LogP contribution in [0.1, 0.15) is 127 Å². The molecule has 0 radical (unpaired) electrons. The van der Waals surface area contributed by atoms with Crippen LogP contribution in [0.15, 0.2) is 101 Å². The molecule has 12 rings (SSSR count). The zero-order valence-corrected chi connectivity index (χ0v) is 60.5. The second-order valence-corrected chi connectivity index (χ2v) is 26.5. The predicted molar refractivity (Wildman–Crippen MR) is 387 cm³/mol. The minimum Gasteiger partial charge on any atom is -0.507 e. The van der Waals surface area contributed by atoms with E-state index in [9.17, 15) is 64.2 Å². The number of aliphatic hydroxyl groups is 2. The van der Waals surface area contributed by atoms with Crippen LogP contribution in [0.25, 0.3) is 21.7 Å². The number of hydrazine groups is 1. The van der Waals surface area contributed by atoms with Gasteiger partial charge in [-0.05, 0) is 64.9 Å². The molecule has 5 aliphatic heterocycles. The van der Waals surface area contributed by atoms with Gasteiger partial charge in [0.15, 0.2) is 17.3 Å². The van der Waals surface area contributed by atoms with Crippen LogP contribution in [0.3, 0.4) is 0 Å². The number of hydrogen-bond donors (Lipinski definition) is 11. The molecule has 0 spiro atoms. The Bertz CT molecular complexity index is 4400. The van der Waals surface area contributed by atoms with E-state index in [0.717, 1.165) is 38.5 Å². The number of pyridine rings is 2. The van der Waals surface area contributed by atoms with Gasteiger partial charge < -0.3 is 85.1 Å². The molecule has 564 valence electrons. The molecule has 32 heteroatoms. The molecule has 1 aliphatic carbocycles. The highest BCUT2D eigenvalue weighted by Gasteiger charge is 2.50. The number of benzene rings is 3. The molecule has 1 unspecified atom stereocenters. The van der Waals surface area contributed by atoms with Gasteiger partial charge in [-0.2, -0.15) is 5.10 Å². The molecule has 6 aromatic rings. The van der Waals surface area contributed by atoms with Crippen molar-refractivity contribution in [2.45, 2.75) is 117 Å². The number of carbonyl (C=O) groups is 6. The Kier molecular flexibility index (Phi) is 26.5. The number of carboxylic acid groups (broad SMARTS) is 1. The summed E-state index contributed by atoms with van der Waals surface area (Å²) in [6, 6.07) is 4.62. The number of nitrogen functional groups attached to an aromatic ring is 1. The third-order valence-electron chi connectivity index (χ3n) is 19.0. The first kappa shape index (κ1) is 80.1. The summed E-state index contributed by atoms with van der Waals surface area (Å²) >= 11 is 0. The topological polar surface area (TPSA) is 441 Å². The number of aromatic hydroxyl groups is 3. The number of aromatic carboxylic acids is 1. The number of halogens is 1. The van der Waals surface area contributed by atoms with Crippen LogP contribution < -0.4 is 47.4 Å². The van der Waals surface area contributed by atoms with Crippen molar-refractivity contribution >= 4 is 74.7 Å². The van der Waals surface area contributed by atoms with E-state index in [1.165, 1.54) is 104 Å². The third kappa shape index (κ3) is 18.1. The van der Waals surface area contributed by atoms with Crippen molar-refractivity contribution in [1.29, 1.82) is 0 Å². The molecule has 3 aromatic heterocycles. The number of aliphatic hydroxyl groups excluding tert-OH is 2. The quantitative estimate of drug-likeness (QED) is 0.0152. The van der Waals surface area contributed by atoms with Crippen molar-refractivity contribution in [3.05, 3.63) is 141 Å². The maximum Gasteiger partial charge on any atom is 0.341 e. The number of methoxy groups -OCH3 is 2. The average molecular weight is 1460 g/mol. The molecule has 5 bridgehead atoms. The SMILES string of the molecule is CO[C@H]1/C=C/O[C@@]2(C)Oc3c(C)c(O)c4c(O)c(c(/C=N/N5CCN(C)CC5)c(O)c4c3C2=O)NC(=O)/C(C)=C\C=C\[C@H](C)[C@H](O)[C@@H](C)[C@@H](O)[C@@H](C)[C@H](OC(C)=O)[C@@H]1C.COc1c(N2CCNC(C)C2)c(F)cc2c(=O)c(C(=O)O)cn(C3CC3)c12.NC(=O)c1cnccn1.NNC(=O)c1ccncc1. The number of primary amides is 1. The number of hydrogen-bond acceptors (Lipinski definition) is 26. The summed E-state index contributed by atoms with van der Waals surface area (Å²) in [5, 5.41) is 79.6. The molecule has 2 saturated heterocycles. The van der Waals surface area contributed by atoms with Gasteiger partial charge in [0.05, 0.1) is 77.2 Å². The number of anilines is 2. The van der Waals surface area contributed by atoms with Crippen molar-refractivity contribution in [1.82, 2.24) is 40.2 Å². The number of phenols is 3. The van der Waals surface area contributed by atoms with Crippen molar-refractivity contribution in [3.63, 3.8) is 0 Å². The smallest absolute Gasteiger partial charge is 0.341 e. The Morgan fingerprint density at radius 2 is 1.57 bits per heavy atom. The standard InChI is InChI=1S/C43H58N4O12.C19H22FN3O4.C6H7N3O.C5H5N3O/c1-21-12-11-13-22(2)42(55)45-33-28(20-44-47-17-15-46(9)16-18-47)37(52)30-31(38(33)53)36(51)26(6)40-32(30)41(54)43(8,59-40)57-19-14-29(56-10)23(3)39(58-27(7)48)25(5)35(50)24(4)34(21)49;1-10-8-22(6-5-21-10)16-14(20)7-12-15(18(16)27-2)23(11-3-4-11)9-13(17(12)24)19(25)26;7-9-6(10)5-1-3-8-4-2-5;6-5(9)4-3-7-1-2-8-4/h11-14,19-21,23-25,29,34-35,39,49-53H,15-18H2,1-10H3,(H,45,55);7,9-11,21H,3-6,8H2,1-2H3,(H,25,26);1-4H,7H2,(H,9,10);1-3H,(H2,6,9)/b12-11+,19-14+,22-13-,44-20+;;;/t21-,23+,24+,25+,29-,34-,35+,39+,43-;;;/m0.../s1. The summed E-state index contributed by atoms with van der Waals surface area (Å²) in [7, 11) is 4.88. The van der Waals surface area contributed by atoms with Crippen molar-refractivity contribution in [3.8, 4) is 28.7 Å². The minimum absolute atomic E-state index is 0.0445. The molecule has 1 saturated carbocycles. The molecule has 3 fully saturated rings. The first-order chi connectivity index (χ1) is 49.8. The van der Waals surface area contributed by atoms with E-state index in [1.807, 2.05) is 24.3 Å². The number of piperazine rings is 2. The molecule has 31 nitrogen and oxygen atoms in total. The average Bonchev–Trinajstić information content (AvgIpc) is 1.64. The van der Waals surface area contributed by atoms with E-state index in [2.05, 4.69) is 35.6 Å². The number of esters is 1. The number of carbonyl (C=O) groups excluding carboxylic acids is 5. The van der Waals surface area contributed by atoms with Crippen LogP contribution in [0, 0.1) is 36.4 Å². The largest absolute Gasteiger partial charge is 0.507 e. The van der Waals surface area contributed by atoms with Crippen LogP contribution >= 0.6 is 0 Å². The maximum atomic E-state index is 15.1. The fraction of sp³-hybridized carbons (Fsp3) is 0.438. The third-order valence-corrected chi connectivity index (χ3v) is 19.0. The van der Waals surface area contributed by atoms with E-state index in [4.69, 9.17) is 35.3 Å². The van der Waals surface area contributed by atoms with E-state index in [-0.39, 0.29) is 79.1 Å². The normalized spacial score (nSPS) is 24.8. The number of nitrogens with two attached hydrogens (primary N) is 2. The lowest BCUT2D eigenvalue weighted by atomic mass is 9.78. The predicted octanol–water partition coefficient (Wildman–Crippen LogP) is 5.58. The Balaban J connectivity index is 0.000000243. The van der Waals surface area contributed by atoms with Gasteiger partial charge in [0.2, 0.25) is 5.43 Å². The van der Waals surface area contributed by atoms with Crippen LogP contribution in [0.2, 0.25) is 0 Å².